The monoisotopic (exact) mass is 236 g/mol. The van der Waals surface area contributed by atoms with Gasteiger partial charge in [0.15, 0.2) is 4.77 Å². The summed E-state index contributed by atoms with van der Waals surface area (Å²) in [5.41, 5.74) is -0.150. The maximum atomic E-state index is 11.8. The van der Waals surface area contributed by atoms with Gasteiger partial charge in [0, 0.05) is 6.20 Å². The van der Waals surface area contributed by atoms with Crippen LogP contribution in [-0.2, 0) is 11.3 Å². The molecule has 1 N–H and O–H groups in total. The van der Waals surface area contributed by atoms with Crippen molar-refractivity contribution in [3.05, 3.63) is 33.5 Å². The molecule has 16 heavy (non-hydrogen) atoms. The van der Waals surface area contributed by atoms with Crippen LogP contribution in [0.25, 0.3) is 11.0 Å². The van der Waals surface area contributed by atoms with E-state index in [0.29, 0.717) is 5.65 Å². The molecule has 0 atom stereocenters. The van der Waals surface area contributed by atoms with Gasteiger partial charge in [-0.25, -0.2) is 4.98 Å². The van der Waals surface area contributed by atoms with Gasteiger partial charge in [-0.2, -0.15) is 0 Å². The molecule has 0 bridgehead atoms. The maximum absolute atomic E-state index is 11.8. The number of carboxylic acids is 1. The first-order chi connectivity index (χ1) is 7.59. The summed E-state index contributed by atoms with van der Waals surface area (Å²) < 4.78 is 0.940. The van der Waals surface area contributed by atoms with Crippen molar-refractivity contribution in [3.8, 4) is 0 Å². The molecule has 0 saturated heterocycles. The number of hydrogen-bond donors (Lipinski definition) is 1. The van der Waals surface area contributed by atoms with Gasteiger partial charge in [0.2, 0.25) is 0 Å². The van der Waals surface area contributed by atoms with Crippen LogP contribution in [0.2, 0.25) is 0 Å². The summed E-state index contributed by atoms with van der Waals surface area (Å²) >= 11 is 4.86. The van der Waals surface area contributed by atoms with E-state index in [1.807, 2.05) is 0 Å². The number of carbonyl (C=O) groups is 1. The lowest BCUT2D eigenvalue weighted by molar-refractivity contribution is -0.306. The number of aliphatic carboxylic acids is 1. The third kappa shape index (κ3) is 1.72. The number of aromatic nitrogens is 3. The zero-order valence-corrected chi connectivity index (χ0v) is 8.78. The van der Waals surface area contributed by atoms with Crippen LogP contribution in [0.15, 0.2) is 23.1 Å². The number of rotatable bonds is 2. The molecule has 0 unspecified atom stereocenters. The van der Waals surface area contributed by atoms with Crippen LogP contribution in [0.4, 0.5) is 0 Å². The minimum absolute atomic E-state index is 0.0143. The molecule has 2 aromatic heterocycles. The molecule has 0 amide bonds. The van der Waals surface area contributed by atoms with Crippen molar-refractivity contribution in [1.29, 1.82) is 0 Å². The van der Waals surface area contributed by atoms with Gasteiger partial charge in [-0.05, 0) is 24.4 Å². The van der Waals surface area contributed by atoms with Crippen molar-refractivity contribution < 1.29 is 9.90 Å². The van der Waals surface area contributed by atoms with Gasteiger partial charge in [0.1, 0.15) is 5.65 Å². The summed E-state index contributed by atoms with van der Waals surface area (Å²) in [5.74, 6) is -1.37. The summed E-state index contributed by atoms with van der Waals surface area (Å²) in [6.07, 6.45) is 1.51. The van der Waals surface area contributed by atoms with Gasteiger partial charge >= 0.3 is 0 Å². The van der Waals surface area contributed by atoms with Crippen molar-refractivity contribution in [3.63, 3.8) is 0 Å². The Bertz CT molecular complexity index is 673. The van der Waals surface area contributed by atoms with Crippen LogP contribution in [0.5, 0.6) is 0 Å². The topological polar surface area (TPSA) is 90.8 Å². The lowest BCUT2D eigenvalue weighted by Crippen LogP contribution is -2.33. The number of nitrogens with zero attached hydrogens (tertiary/aromatic N) is 2. The summed E-state index contributed by atoms with van der Waals surface area (Å²) in [7, 11) is 0. The normalized spacial score (nSPS) is 10.5. The van der Waals surface area contributed by atoms with Crippen molar-refractivity contribution in [2.75, 3.05) is 0 Å². The molecule has 0 aromatic carbocycles. The van der Waals surface area contributed by atoms with E-state index in [9.17, 15) is 14.7 Å². The van der Waals surface area contributed by atoms with Crippen LogP contribution >= 0.6 is 12.2 Å². The van der Waals surface area contributed by atoms with Crippen molar-refractivity contribution in [2.24, 2.45) is 0 Å². The lowest BCUT2D eigenvalue weighted by atomic mass is 10.3. The fraction of sp³-hybridized carbons (Fsp3) is 0.111. The number of carboxylic acid groups (broad SMARTS) is 1. The number of carbonyl (C=O) groups excluding carboxylic acids is 1. The second-order valence-electron chi connectivity index (χ2n) is 3.09. The molecule has 0 aliphatic rings. The second kappa shape index (κ2) is 3.86. The first kappa shape index (κ1) is 10.5. The number of H-pyrrole nitrogens is 1. The van der Waals surface area contributed by atoms with E-state index in [4.69, 9.17) is 12.2 Å². The molecule has 7 heteroatoms. The molecule has 0 spiro atoms. The highest BCUT2D eigenvalue weighted by Gasteiger charge is 2.05. The molecule has 2 heterocycles. The van der Waals surface area contributed by atoms with Crippen LogP contribution < -0.4 is 10.7 Å². The van der Waals surface area contributed by atoms with Crippen LogP contribution in [0, 0.1) is 4.77 Å². The molecule has 6 nitrogen and oxygen atoms in total. The van der Waals surface area contributed by atoms with E-state index >= 15 is 0 Å². The number of hydrogen-bond acceptors (Lipinski definition) is 5. The van der Waals surface area contributed by atoms with E-state index in [-0.39, 0.29) is 10.2 Å². The quantitative estimate of drug-likeness (QED) is 0.689. The number of aromatic amines is 1. The molecule has 0 radical (unpaired) electrons. The van der Waals surface area contributed by atoms with Gasteiger partial charge in [0.05, 0.1) is 17.9 Å². The van der Waals surface area contributed by atoms with Gasteiger partial charge in [-0.1, -0.05) is 0 Å². The Labute approximate surface area is 94.2 Å². The molecule has 0 saturated carbocycles. The van der Waals surface area contributed by atoms with Gasteiger partial charge < -0.3 is 14.9 Å². The Morgan fingerprint density at radius 3 is 3.06 bits per heavy atom. The average Bonchev–Trinajstić information content (AvgIpc) is 2.24. The number of nitrogens with one attached hydrogen (secondary N) is 1. The predicted molar refractivity (Wildman–Crippen MR) is 56.2 cm³/mol. The minimum atomic E-state index is -1.37. The van der Waals surface area contributed by atoms with E-state index in [1.54, 1.807) is 12.1 Å². The summed E-state index contributed by atoms with van der Waals surface area (Å²) in [5, 5.41) is 10.8. The van der Waals surface area contributed by atoms with E-state index < -0.39 is 18.1 Å². The Balaban J connectivity index is 2.81. The van der Waals surface area contributed by atoms with Gasteiger partial charge in [0.25, 0.3) is 5.56 Å². The molecular weight excluding hydrogens is 230 g/mol. The molecule has 2 aromatic rings. The SMILES string of the molecule is O=C([O-])Cn1c(=S)[nH]c2ncccc2c1=O. The zero-order valence-electron chi connectivity index (χ0n) is 7.97. The summed E-state index contributed by atoms with van der Waals surface area (Å²) in [6.45, 7) is -0.570. The van der Waals surface area contributed by atoms with E-state index in [2.05, 4.69) is 9.97 Å². The van der Waals surface area contributed by atoms with Crippen LogP contribution in [0.3, 0.4) is 0 Å². The Morgan fingerprint density at radius 2 is 2.38 bits per heavy atom. The third-order valence-corrected chi connectivity index (χ3v) is 2.36. The van der Waals surface area contributed by atoms with Crippen LogP contribution in [0.1, 0.15) is 0 Å². The summed E-state index contributed by atoms with van der Waals surface area (Å²) in [6, 6.07) is 3.13. The largest absolute Gasteiger partial charge is 0.548 e. The van der Waals surface area contributed by atoms with Crippen LogP contribution in [-0.4, -0.2) is 20.5 Å². The van der Waals surface area contributed by atoms with E-state index in [0.717, 1.165) is 4.57 Å². The zero-order chi connectivity index (χ0) is 11.7. The van der Waals surface area contributed by atoms with Gasteiger partial charge in [-0.3, -0.25) is 9.36 Å². The fourth-order valence-corrected chi connectivity index (χ4v) is 1.60. The molecule has 0 fully saturated rings. The first-order valence-corrected chi connectivity index (χ1v) is 4.78. The standard InChI is InChI=1S/C9H7N3O3S/c13-6(14)4-12-8(15)5-2-1-3-10-7(5)11-9(12)16/h1-3H,4H2,(H,13,14)(H,10,11,16)/p-1. The lowest BCUT2D eigenvalue weighted by Gasteiger charge is -2.07. The van der Waals surface area contributed by atoms with Crippen molar-refractivity contribution in [1.82, 2.24) is 14.5 Å². The van der Waals surface area contributed by atoms with E-state index in [1.165, 1.54) is 6.20 Å². The van der Waals surface area contributed by atoms with Crippen molar-refractivity contribution in [2.45, 2.75) is 6.54 Å². The van der Waals surface area contributed by atoms with Gasteiger partial charge in [-0.15, -0.1) is 0 Å². The Morgan fingerprint density at radius 1 is 1.62 bits per heavy atom. The highest BCUT2D eigenvalue weighted by Crippen LogP contribution is 2.01. The Hall–Kier alpha value is -2.02. The third-order valence-electron chi connectivity index (χ3n) is 2.04. The second-order valence-corrected chi connectivity index (χ2v) is 3.48. The predicted octanol–water partition coefficient (Wildman–Crippen LogP) is -0.796. The number of pyridine rings is 1. The fourth-order valence-electron chi connectivity index (χ4n) is 1.36. The molecule has 82 valence electrons. The minimum Gasteiger partial charge on any atom is -0.548 e. The molecule has 0 aliphatic heterocycles. The number of fused-ring (bicyclic) bond motifs is 1. The average molecular weight is 236 g/mol. The smallest absolute Gasteiger partial charge is 0.264 e. The molecular formula is C9H6N3O3S-. The Kier molecular flexibility index (Phi) is 2.53. The highest BCUT2D eigenvalue weighted by atomic mass is 32.1. The van der Waals surface area contributed by atoms with Crippen molar-refractivity contribution >= 4 is 29.2 Å². The first-order valence-electron chi connectivity index (χ1n) is 4.37. The maximum Gasteiger partial charge on any atom is 0.264 e. The summed E-state index contributed by atoms with van der Waals surface area (Å²) in [4.78, 5) is 28.9. The molecule has 2 rings (SSSR count). The molecule has 0 aliphatic carbocycles. The highest BCUT2D eigenvalue weighted by molar-refractivity contribution is 7.71.